The molecule has 0 bridgehead atoms. The first-order valence-electron chi connectivity index (χ1n) is 2.91. The summed E-state index contributed by atoms with van der Waals surface area (Å²) in [7, 11) is 0. The van der Waals surface area contributed by atoms with Gasteiger partial charge in [0, 0.05) is 19.9 Å². The Bertz CT molecular complexity index is 351. The smallest absolute Gasteiger partial charge is 0.0361 e. The molecule has 0 N–H and O–H groups in total. The van der Waals surface area contributed by atoms with Crippen LogP contribution >= 0.6 is 27.3 Å². The average molecular weight is 212 g/mol. The van der Waals surface area contributed by atoms with Crippen LogP contribution in [-0.2, 0) is 0 Å². The average Bonchev–Trinajstić information content (AvgIpc) is 2.34. The number of thiophene rings is 1. The minimum absolute atomic E-state index is 1.18. The van der Waals surface area contributed by atoms with E-state index in [2.05, 4.69) is 33.4 Å². The molecule has 2 heteroatoms. The first-order valence-corrected chi connectivity index (χ1v) is 4.58. The van der Waals surface area contributed by atoms with Crippen LogP contribution in [0.2, 0.25) is 0 Å². The van der Waals surface area contributed by atoms with Gasteiger partial charge in [0.2, 0.25) is 0 Å². The normalized spacial score (nSPS) is 10.5. The van der Waals surface area contributed by atoms with Crippen molar-refractivity contribution in [2.45, 2.75) is 0 Å². The van der Waals surface area contributed by atoms with Crippen LogP contribution in [0.3, 0.4) is 0 Å². The topological polar surface area (TPSA) is 0 Å². The largest absolute Gasteiger partial charge is 0.143 e. The van der Waals surface area contributed by atoms with Gasteiger partial charge in [-0.3, -0.25) is 0 Å². The van der Waals surface area contributed by atoms with Crippen LogP contribution in [0.15, 0.2) is 28.1 Å². The highest BCUT2D eigenvalue weighted by molar-refractivity contribution is 9.10. The lowest BCUT2D eigenvalue weighted by molar-refractivity contribution is 1.81. The van der Waals surface area contributed by atoms with Gasteiger partial charge in [0.1, 0.15) is 0 Å². The summed E-state index contributed by atoms with van der Waals surface area (Å²) in [5.74, 6) is 0. The summed E-state index contributed by atoms with van der Waals surface area (Å²) in [6.45, 7) is 0. The molecule has 0 aliphatic heterocycles. The van der Waals surface area contributed by atoms with Crippen molar-refractivity contribution in [2.75, 3.05) is 0 Å². The highest BCUT2D eigenvalue weighted by Gasteiger charge is 1.97. The molecule has 0 aliphatic carbocycles. The van der Waals surface area contributed by atoms with Crippen LogP contribution < -0.4 is 0 Å². The van der Waals surface area contributed by atoms with Crippen LogP contribution in [0.1, 0.15) is 0 Å². The highest BCUT2D eigenvalue weighted by atomic mass is 79.9. The predicted molar refractivity (Wildman–Crippen MR) is 48.4 cm³/mol. The molecule has 0 atom stereocenters. The fraction of sp³-hybridized carbons (Fsp3) is 0. The zero-order valence-electron chi connectivity index (χ0n) is 5.10. The van der Waals surface area contributed by atoms with Gasteiger partial charge in [-0.25, -0.2) is 0 Å². The zero-order valence-corrected chi connectivity index (χ0v) is 7.50. The quantitative estimate of drug-likeness (QED) is 0.627. The SMILES string of the molecule is Brc1csc2c[c]ccc12. The number of halogens is 1. The van der Waals surface area contributed by atoms with Crippen molar-refractivity contribution >= 4 is 37.4 Å². The van der Waals surface area contributed by atoms with Gasteiger partial charge in [-0.05, 0) is 28.1 Å². The van der Waals surface area contributed by atoms with Gasteiger partial charge in [0.05, 0.1) is 0 Å². The summed E-state index contributed by atoms with van der Waals surface area (Å²) in [5, 5.41) is 3.38. The second kappa shape index (κ2) is 2.36. The Balaban J connectivity index is 2.93. The third-order valence-electron chi connectivity index (χ3n) is 1.37. The van der Waals surface area contributed by atoms with E-state index in [1.54, 1.807) is 11.3 Å². The van der Waals surface area contributed by atoms with Gasteiger partial charge >= 0.3 is 0 Å². The van der Waals surface area contributed by atoms with Crippen molar-refractivity contribution in [1.29, 1.82) is 0 Å². The van der Waals surface area contributed by atoms with Gasteiger partial charge < -0.3 is 0 Å². The Labute approximate surface area is 71.6 Å². The van der Waals surface area contributed by atoms with Gasteiger partial charge in [0.25, 0.3) is 0 Å². The third kappa shape index (κ3) is 0.879. The Morgan fingerprint density at radius 1 is 1.50 bits per heavy atom. The molecule has 1 aromatic heterocycles. The molecule has 10 heavy (non-hydrogen) atoms. The van der Waals surface area contributed by atoms with E-state index in [9.17, 15) is 0 Å². The fourth-order valence-corrected chi connectivity index (χ4v) is 2.44. The molecule has 0 saturated heterocycles. The second-order valence-electron chi connectivity index (χ2n) is 2.01. The lowest BCUT2D eigenvalue weighted by Crippen LogP contribution is -1.60. The lowest BCUT2D eigenvalue weighted by atomic mass is 10.3. The van der Waals surface area contributed by atoms with E-state index in [1.807, 2.05) is 12.1 Å². The summed E-state index contributed by atoms with van der Waals surface area (Å²) in [6.07, 6.45) is 0. The van der Waals surface area contributed by atoms with Crippen molar-refractivity contribution < 1.29 is 0 Å². The zero-order chi connectivity index (χ0) is 6.97. The minimum Gasteiger partial charge on any atom is -0.143 e. The van der Waals surface area contributed by atoms with Crippen molar-refractivity contribution in [3.05, 3.63) is 34.1 Å². The van der Waals surface area contributed by atoms with Crippen LogP contribution in [0.5, 0.6) is 0 Å². The monoisotopic (exact) mass is 211 g/mol. The number of rotatable bonds is 0. The molecule has 0 fully saturated rings. The maximum Gasteiger partial charge on any atom is 0.0361 e. The molecular weight excluding hydrogens is 208 g/mol. The molecule has 0 amide bonds. The first kappa shape index (κ1) is 6.38. The van der Waals surface area contributed by atoms with E-state index in [0.29, 0.717) is 0 Å². The van der Waals surface area contributed by atoms with E-state index in [-0.39, 0.29) is 0 Å². The number of hydrogen-bond acceptors (Lipinski definition) is 1. The Morgan fingerprint density at radius 3 is 3.20 bits per heavy atom. The summed E-state index contributed by atoms with van der Waals surface area (Å²) >= 11 is 5.20. The Kier molecular flexibility index (Phi) is 1.51. The maximum atomic E-state index is 3.46. The van der Waals surface area contributed by atoms with Gasteiger partial charge in [-0.1, -0.05) is 12.1 Å². The van der Waals surface area contributed by atoms with Crippen molar-refractivity contribution in [1.82, 2.24) is 0 Å². The van der Waals surface area contributed by atoms with E-state index in [0.717, 1.165) is 0 Å². The van der Waals surface area contributed by atoms with E-state index in [4.69, 9.17) is 0 Å². The molecule has 0 spiro atoms. The molecule has 49 valence electrons. The van der Waals surface area contributed by atoms with Gasteiger partial charge in [0.15, 0.2) is 0 Å². The summed E-state index contributed by atoms with van der Waals surface area (Å²) < 4.78 is 2.47. The van der Waals surface area contributed by atoms with Crippen molar-refractivity contribution in [3.63, 3.8) is 0 Å². The molecule has 2 aromatic rings. The Hall–Kier alpha value is -0.340. The Morgan fingerprint density at radius 2 is 2.40 bits per heavy atom. The van der Waals surface area contributed by atoms with Crippen LogP contribution in [0.25, 0.3) is 10.1 Å². The maximum absolute atomic E-state index is 3.46. The molecule has 1 heterocycles. The number of fused-ring (bicyclic) bond motifs is 1. The molecule has 1 radical (unpaired) electrons. The molecular formula is C8H4BrS. The number of hydrogen-bond donors (Lipinski definition) is 0. The third-order valence-corrected chi connectivity index (χ3v) is 3.28. The summed E-state index contributed by atoms with van der Waals surface area (Å²) in [6, 6.07) is 9.04. The van der Waals surface area contributed by atoms with Crippen LogP contribution in [0, 0.1) is 6.07 Å². The van der Waals surface area contributed by atoms with Gasteiger partial charge in [-0.2, -0.15) is 0 Å². The number of benzene rings is 1. The second-order valence-corrected chi connectivity index (χ2v) is 3.77. The van der Waals surface area contributed by atoms with Crippen LogP contribution in [0.4, 0.5) is 0 Å². The van der Waals surface area contributed by atoms with E-state index in [1.165, 1.54) is 14.6 Å². The van der Waals surface area contributed by atoms with Crippen LogP contribution in [-0.4, -0.2) is 0 Å². The molecule has 1 aromatic carbocycles. The molecule has 0 nitrogen and oxygen atoms in total. The highest BCUT2D eigenvalue weighted by Crippen LogP contribution is 2.29. The minimum atomic E-state index is 1.18. The standard InChI is InChI=1S/C8H4BrS/c9-7-5-10-8-4-2-1-3-6(7)8/h1,3-5H. The van der Waals surface area contributed by atoms with E-state index < -0.39 is 0 Å². The molecule has 0 aliphatic rings. The van der Waals surface area contributed by atoms with Crippen molar-refractivity contribution in [2.24, 2.45) is 0 Å². The summed E-state index contributed by atoms with van der Waals surface area (Å²) in [4.78, 5) is 0. The van der Waals surface area contributed by atoms with Crippen molar-refractivity contribution in [3.8, 4) is 0 Å². The molecule has 0 saturated carbocycles. The molecule has 2 rings (SSSR count). The first-order chi connectivity index (χ1) is 4.88. The lowest BCUT2D eigenvalue weighted by Gasteiger charge is -1.85. The van der Waals surface area contributed by atoms with E-state index >= 15 is 0 Å². The van der Waals surface area contributed by atoms with Gasteiger partial charge in [-0.15, -0.1) is 11.3 Å². The predicted octanol–water partition coefficient (Wildman–Crippen LogP) is 3.46. The summed E-state index contributed by atoms with van der Waals surface area (Å²) in [5.41, 5.74) is 0. The fourth-order valence-electron chi connectivity index (χ4n) is 0.889. The molecule has 0 unspecified atom stereocenters.